The number of fused-ring (bicyclic) bond motifs is 1. The van der Waals surface area contributed by atoms with Gasteiger partial charge in [0.25, 0.3) is 0 Å². The molecule has 0 bridgehead atoms. The maximum atomic E-state index is 6.27. The Balaban J connectivity index is 1.62. The molecule has 3 rings (SSSR count). The molecule has 0 radical (unpaired) electrons. The zero-order chi connectivity index (χ0) is 13.1. The Morgan fingerprint density at radius 3 is 2.74 bits per heavy atom. The van der Waals surface area contributed by atoms with Crippen LogP contribution < -0.4 is 5.73 Å². The third-order valence-electron chi connectivity index (χ3n) is 3.89. The number of nitrogens with zero attached hydrogens (tertiary/aromatic N) is 1. The summed E-state index contributed by atoms with van der Waals surface area (Å²) in [6.07, 6.45) is 4.62. The van der Waals surface area contributed by atoms with Crippen LogP contribution in [0.5, 0.6) is 0 Å². The van der Waals surface area contributed by atoms with Gasteiger partial charge >= 0.3 is 0 Å². The molecule has 1 fully saturated rings. The summed E-state index contributed by atoms with van der Waals surface area (Å²) < 4.78 is 5.77. The number of nitrogens with two attached hydrogens (primary N) is 1. The maximum Gasteiger partial charge on any atom is 0.0889 e. The van der Waals surface area contributed by atoms with Gasteiger partial charge in [-0.3, -0.25) is 4.98 Å². The molecule has 1 aliphatic carbocycles. The van der Waals surface area contributed by atoms with E-state index in [1.807, 2.05) is 24.3 Å². The predicted octanol–water partition coefficient (Wildman–Crippen LogP) is 3.02. The largest absolute Gasteiger partial charge is 0.373 e. The van der Waals surface area contributed by atoms with Crippen molar-refractivity contribution in [3.63, 3.8) is 0 Å². The van der Waals surface area contributed by atoms with Gasteiger partial charge in [-0.15, -0.1) is 0 Å². The smallest absolute Gasteiger partial charge is 0.0889 e. The Bertz CT molecular complexity index is 561. The van der Waals surface area contributed by atoms with Gasteiger partial charge in [0.2, 0.25) is 0 Å². The highest BCUT2D eigenvalue weighted by molar-refractivity contribution is 5.78. The van der Waals surface area contributed by atoms with E-state index in [4.69, 9.17) is 10.5 Å². The number of para-hydroxylation sites is 1. The van der Waals surface area contributed by atoms with Crippen LogP contribution in [0, 0.1) is 0 Å². The van der Waals surface area contributed by atoms with Crippen LogP contribution in [-0.4, -0.2) is 17.1 Å². The molecule has 1 aromatic carbocycles. The fraction of sp³-hybridized carbons (Fsp3) is 0.438. The molecule has 1 saturated carbocycles. The van der Waals surface area contributed by atoms with E-state index in [0.29, 0.717) is 13.2 Å². The number of ether oxygens (including phenoxy) is 1. The molecule has 2 aromatic rings. The zero-order valence-electron chi connectivity index (χ0n) is 11.1. The van der Waals surface area contributed by atoms with Gasteiger partial charge in [0.15, 0.2) is 0 Å². The number of pyridine rings is 1. The molecule has 0 saturated heterocycles. The molecule has 0 amide bonds. The molecule has 1 heterocycles. The average molecular weight is 256 g/mol. The lowest BCUT2D eigenvalue weighted by Gasteiger charge is -2.22. The summed E-state index contributed by atoms with van der Waals surface area (Å²) in [6, 6.07) is 12.3. The summed E-state index contributed by atoms with van der Waals surface area (Å²) in [6.45, 7) is 1.19. The van der Waals surface area contributed by atoms with E-state index >= 15 is 0 Å². The van der Waals surface area contributed by atoms with Gasteiger partial charge in [0.1, 0.15) is 0 Å². The van der Waals surface area contributed by atoms with E-state index in [1.54, 1.807) is 0 Å². The van der Waals surface area contributed by atoms with Crippen LogP contribution in [0.4, 0.5) is 0 Å². The number of hydrogen-bond acceptors (Lipinski definition) is 3. The summed E-state index contributed by atoms with van der Waals surface area (Å²) in [7, 11) is 0. The second kappa shape index (κ2) is 5.27. The molecule has 1 aliphatic rings. The highest BCUT2D eigenvalue weighted by Crippen LogP contribution is 2.27. The van der Waals surface area contributed by atoms with E-state index in [0.717, 1.165) is 29.4 Å². The van der Waals surface area contributed by atoms with E-state index < -0.39 is 0 Å². The Labute approximate surface area is 113 Å². The minimum Gasteiger partial charge on any atom is -0.373 e. The van der Waals surface area contributed by atoms with Crippen LogP contribution in [-0.2, 0) is 11.3 Å². The molecular weight excluding hydrogens is 236 g/mol. The SMILES string of the molecule is NC1(COCc2ccc3ccccc3n2)CCCC1. The van der Waals surface area contributed by atoms with Crippen molar-refractivity contribution in [2.45, 2.75) is 37.8 Å². The van der Waals surface area contributed by atoms with Gasteiger partial charge in [-0.05, 0) is 25.0 Å². The highest BCUT2D eigenvalue weighted by Gasteiger charge is 2.29. The first-order valence-corrected chi connectivity index (χ1v) is 6.97. The van der Waals surface area contributed by atoms with Gasteiger partial charge in [0.05, 0.1) is 24.4 Å². The van der Waals surface area contributed by atoms with Crippen LogP contribution in [0.3, 0.4) is 0 Å². The summed E-state index contributed by atoms with van der Waals surface area (Å²) in [5.41, 5.74) is 8.16. The number of aromatic nitrogens is 1. The Kier molecular flexibility index (Phi) is 3.49. The average Bonchev–Trinajstić information content (AvgIpc) is 2.86. The summed E-state index contributed by atoms with van der Waals surface area (Å²) in [5.74, 6) is 0. The van der Waals surface area contributed by atoms with Gasteiger partial charge in [-0.2, -0.15) is 0 Å². The Morgan fingerprint density at radius 1 is 1.11 bits per heavy atom. The molecule has 0 aliphatic heterocycles. The van der Waals surface area contributed by atoms with E-state index in [2.05, 4.69) is 17.1 Å². The molecule has 19 heavy (non-hydrogen) atoms. The van der Waals surface area contributed by atoms with Gasteiger partial charge < -0.3 is 10.5 Å². The molecule has 2 N–H and O–H groups in total. The van der Waals surface area contributed by atoms with Crippen molar-refractivity contribution in [3.05, 3.63) is 42.1 Å². The van der Waals surface area contributed by atoms with Crippen molar-refractivity contribution in [2.24, 2.45) is 5.73 Å². The minimum absolute atomic E-state index is 0.100. The first kappa shape index (κ1) is 12.6. The predicted molar refractivity (Wildman–Crippen MR) is 76.8 cm³/mol. The van der Waals surface area contributed by atoms with Crippen LogP contribution in [0.25, 0.3) is 10.9 Å². The lowest BCUT2D eigenvalue weighted by atomic mass is 10.0. The van der Waals surface area contributed by atoms with Crippen LogP contribution in [0.1, 0.15) is 31.4 Å². The maximum absolute atomic E-state index is 6.27. The van der Waals surface area contributed by atoms with Gasteiger partial charge in [-0.1, -0.05) is 37.1 Å². The number of hydrogen-bond donors (Lipinski definition) is 1. The third-order valence-corrected chi connectivity index (χ3v) is 3.89. The van der Waals surface area contributed by atoms with Gasteiger partial charge in [-0.25, -0.2) is 0 Å². The molecule has 1 aromatic heterocycles. The summed E-state index contributed by atoms with van der Waals surface area (Å²) in [5, 5.41) is 1.16. The molecule has 3 heteroatoms. The van der Waals surface area contributed by atoms with Crippen LogP contribution in [0.2, 0.25) is 0 Å². The molecule has 0 unspecified atom stereocenters. The van der Waals surface area contributed by atoms with Crippen molar-refractivity contribution in [1.29, 1.82) is 0 Å². The lowest BCUT2D eigenvalue weighted by Crippen LogP contribution is -2.41. The highest BCUT2D eigenvalue weighted by atomic mass is 16.5. The third kappa shape index (κ3) is 2.94. The van der Waals surface area contributed by atoms with Crippen LogP contribution in [0.15, 0.2) is 36.4 Å². The number of benzene rings is 1. The first-order valence-electron chi connectivity index (χ1n) is 6.97. The van der Waals surface area contributed by atoms with E-state index in [-0.39, 0.29) is 5.54 Å². The Morgan fingerprint density at radius 2 is 1.89 bits per heavy atom. The van der Waals surface area contributed by atoms with Gasteiger partial charge in [0, 0.05) is 10.9 Å². The fourth-order valence-corrected chi connectivity index (χ4v) is 2.77. The molecule has 0 atom stereocenters. The molecule has 0 spiro atoms. The number of rotatable bonds is 4. The fourth-order valence-electron chi connectivity index (χ4n) is 2.77. The molecular formula is C16H20N2O. The van der Waals surface area contributed by atoms with E-state index in [1.165, 1.54) is 12.8 Å². The normalized spacial score (nSPS) is 17.9. The van der Waals surface area contributed by atoms with Crippen molar-refractivity contribution >= 4 is 10.9 Å². The molecule has 3 nitrogen and oxygen atoms in total. The standard InChI is InChI=1S/C16H20N2O/c17-16(9-3-4-10-16)12-19-11-14-8-7-13-5-1-2-6-15(13)18-14/h1-2,5-8H,3-4,9-12,17H2. The van der Waals surface area contributed by atoms with Crippen molar-refractivity contribution < 1.29 is 4.74 Å². The lowest BCUT2D eigenvalue weighted by molar-refractivity contribution is 0.0733. The zero-order valence-corrected chi connectivity index (χ0v) is 11.1. The molecule has 100 valence electrons. The summed E-state index contributed by atoms with van der Waals surface area (Å²) in [4.78, 5) is 4.60. The second-order valence-corrected chi connectivity index (χ2v) is 5.56. The monoisotopic (exact) mass is 256 g/mol. The van der Waals surface area contributed by atoms with Crippen molar-refractivity contribution in [2.75, 3.05) is 6.61 Å². The quantitative estimate of drug-likeness (QED) is 0.914. The van der Waals surface area contributed by atoms with Crippen LogP contribution >= 0.6 is 0 Å². The Hall–Kier alpha value is -1.45. The topological polar surface area (TPSA) is 48.1 Å². The second-order valence-electron chi connectivity index (χ2n) is 5.56. The van der Waals surface area contributed by atoms with Crippen molar-refractivity contribution in [1.82, 2.24) is 4.98 Å². The minimum atomic E-state index is -0.100. The van der Waals surface area contributed by atoms with E-state index in [9.17, 15) is 0 Å². The van der Waals surface area contributed by atoms with Crippen molar-refractivity contribution in [3.8, 4) is 0 Å². The first-order chi connectivity index (χ1) is 9.25. The summed E-state index contributed by atoms with van der Waals surface area (Å²) >= 11 is 0.